The van der Waals surface area contributed by atoms with Crippen LogP contribution < -0.4 is 4.90 Å². The lowest BCUT2D eigenvalue weighted by Gasteiger charge is -2.35. The minimum atomic E-state index is -3.74. The lowest BCUT2D eigenvalue weighted by Crippen LogP contribution is -2.49. The van der Waals surface area contributed by atoms with E-state index in [1.807, 2.05) is 24.3 Å². The highest BCUT2D eigenvalue weighted by molar-refractivity contribution is 7.90. The van der Waals surface area contributed by atoms with Gasteiger partial charge < -0.3 is 9.64 Å². The average molecular weight is 505 g/mol. The Bertz CT molecular complexity index is 1450. The molecule has 0 atom stereocenters. The molecule has 34 heavy (non-hydrogen) atoms. The van der Waals surface area contributed by atoms with Crippen molar-refractivity contribution in [2.75, 3.05) is 43.9 Å². The van der Waals surface area contributed by atoms with Crippen LogP contribution in [0.25, 0.3) is 10.8 Å². The summed E-state index contributed by atoms with van der Waals surface area (Å²) in [5.74, 6) is -0.569. The van der Waals surface area contributed by atoms with E-state index >= 15 is 0 Å². The van der Waals surface area contributed by atoms with E-state index in [1.165, 1.54) is 4.31 Å². The summed E-state index contributed by atoms with van der Waals surface area (Å²) in [5, 5.41) is 1.36. The Balaban J connectivity index is 1.59. The number of esters is 1. The molecular weight excluding hydrogens is 480 g/mol. The Morgan fingerprint density at radius 2 is 1.68 bits per heavy atom. The van der Waals surface area contributed by atoms with Crippen molar-refractivity contribution in [3.63, 3.8) is 0 Å². The standard InChI is InChI=1S/C22H24N4O6S2/c1-3-32-21(27)19-15-23-22(33(2,28)29)24-20(19)25-10-12-26(13-11-25)34(30,31)18-9-8-16-6-4-5-7-17(16)14-18/h4-9,14-15H,3,10-13H2,1-2H3. The number of nitrogens with zero attached hydrogens (tertiary/aromatic N) is 4. The number of sulfone groups is 1. The van der Waals surface area contributed by atoms with E-state index < -0.39 is 31.0 Å². The van der Waals surface area contributed by atoms with Crippen LogP contribution in [0.5, 0.6) is 0 Å². The smallest absolute Gasteiger partial charge is 0.343 e. The zero-order valence-electron chi connectivity index (χ0n) is 18.7. The fraction of sp³-hybridized carbons (Fsp3) is 0.318. The van der Waals surface area contributed by atoms with Crippen LogP contribution in [0.2, 0.25) is 0 Å². The second kappa shape index (κ2) is 9.28. The minimum absolute atomic E-state index is 0.0279. The number of carbonyl (C=O) groups excluding carboxylic acids is 1. The van der Waals surface area contributed by atoms with Gasteiger partial charge in [0, 0.05) is 38.6 Å². The third-order valence-electron chi connectivity index (χ3n) is 5.47. The van der Waals surface area contributed by atoms with E-state index in [2.05, 4.69) is 9.97 Å². The SMILES string of the molecule is CCOC(=O)c1cnc(S(C)(=O)=O)nc1N1CCN(S(=O)(=O)c2ccc3ccccc3c2)CC1. The summed E-state index contributed by atoms with van der Waals surface area (Å²) in [6.45, 7) is 2.47. The van der Waals surface area contributed by atoms with Crippen molar-refractivity contribution in [2.45, 2.75) is 17.0 Å². The number of rotatable bonds is 6. The number of fused-ring (bicyclic) bond motifs is 1. The zero-order valence-corrected chi connectivity index (χ0v) is 20.3. The number of piperazine rings is 1. The molecule has 0 N–H and O–H groups in total. The number of hydrogen-bond acceptors (Lipinski definition) is 9. The Hall–Kier alpha value is -3.09. The van der Waals surface area contributed by atoms with Gasteiger partial charge in [-0.15, -0.1) is 0 Å². The van der Waals surface area contributed by atoms with Gasteiger partial charge in [0.2, 0.25) is 25.0 Å². The van der Waals surface area contributed by atoms with Crippen LogP contribution in [-0.4, -0.2) is 76.1 Å². The highest BCUT2D eigenvalue weighted by Crippen LogP contribution is 2.26. The molecule has 0 radical (unpaired) electrons. The number of carbonyl (C=O) groups is 1. The van der Waals surface area contributed by atoms with E-state index in [-0.39, 0.29) is 49.1 Å². The maximum absolute atomic E-state index is 13.2. The quantitative estimate of drug-likeness (QED) is 0.364. The zero-order chi connectivity index (χ0) is 24.5. The highest BCUT2D eigenvalue weighted by Gasteiger charge is 2.31. The van der Waals surface area contributed by atoms with Crippen LogP contribution in [0.4, 0.5) is 5.82 Å². The molecule has 0 aliphatic carbocycles. The summed E-state index contributed by atoms with van der Waals surface area (Å²) in [7, 11) is -7.45. The molecule has 4 rings (SSSR count). The van der Waals surface area contributed by atoms with Crippen molar-refractivity contribution in [2.24, 2.45) is 0 Å². The van der Waals surface area contributed by atoms with Gasteiger partial charge in [0.1, 0.15) is 11.4 Å². The van der Waals surface area contributed by atoms with Crippen LogP contribution in [-0.2, 0) is 24.6 Å². The Labute approximate surface area is 198 Å². The van der Waals surface area contributed by atoms with Gasteiger partial charge in [-0.2, -0.15) is 4.31 Å². The van der Waals surface area contributed by atoms with Gasteiger partial charge in [-0.05, 0) is 29.8 Å². The molecule has 1 aliphatic rings. The molecule has 2 heterocycles. The summed E-state index contributed by atoms with van der Waals surface area (Å²) >= 11 is 0. The van der Waals surface area contributed by atoms with Crippen LogP contribution in [0.15, 0.2) is 58.7 Å². The van der Waals surface area contributed by atoms with Crippen LogP contribution in [0.1, 0.15) is 17.3 Å². The van der Waals surface area contributed by atoms with Crippen molar-refractivity contribution in [1.82, 2.24) is 14.3 Å². The van der Waals surface area contributed by atoms with Gasteiger partial charge in [-0.25, -0.2) is 31.6 Å². The van der Waals surface area contributed by atoms with E-state index in [4.69, 9.17) is 4.74 Å². The molecule has 0 saturated carbocycles. The highest BCUT2D eigenvalue weighted by atomic mass is 32.2. The maximum Gasteiger partial charge on any atom is 0.343 e. The van der Waals surface area contributed by atoms with Crippen molar-refractivity contribution in [3.8, 4) is 0 Å². The molecule has 0 spiro atoms. The van der Waals surface area contributed by atoms with Gasteiger partial charge in [0.25, 0.3) is 0 Å². The Morgan fingerprint density at radius 1 is 1.00 bits per heavy atom. The van der Waals surface area contributed by atoms with Gasteiger partial charge in [0.05, 0.1) is 11.5 Å². The molecule has 1 fully saturated rings. The predicted molar refractivity (Wildman–Crippen MR) is 126 cm³/mol. The van der Waals surface area contributed by atoms with Crippen molar-refractivity contribution in [3.05, 3.63) is 54.2 Å². The maximum atomic E-state index is 13.2. The number of anilines is 1. The summed E-state index contributed by atoms with van der Waals surface area (Å²) in [6, 6.07) is 12.5. The molecule has 0 amide bonds. The van der Waals surface area contributed by atoms with Gasteiger partial charge in [-0.1, -0.05) is 30.3 Å². The van der Waals surface area contributed by atoms with Crippen LogP contribution in [0.3, 0.4) is 0 Å². The molecule has 1 aliphatic heterocycles. The number of hydrogen-bond donors (Lipinski definition) is 0. The van der Waals surface area contributed by atoms with Crippen molar-refractivity contribution >= 4 is 42.4 Å². The van der Waals surface area contributed by atoms with Crippen molar-refractivity contribution < 1.29 is 26.4 Å². The largest absolute Gasteiger partial charge is 0.462 e. The third kappa shape index (κ3) is 4.74. The first-order valence-electron chi connectivity index (χ1n) is 10.6. The Morgan fingerprint density at radius 3 is 2.32 bits per heavy atom. The molecule has 0 bridgehead atoms. The summed E-state index contributed by atoms with van der Waals surface area (Å²) in [4.78, 5) is 22.2. The van der Waals surface area contributed by atoms with E-state index in [0.717, 1.165) is 23.2 Å². The molecule has 12 heteroatoms. The van der Waals surface area contributed by atoms with Crippen LogP contribution >= 0.6 is 0 Å². The molecule has 2 aromatic carbocycles. The van der Waals surface area contributed by atoms with Gasteiger partial charge in [0.15, 0.2) is 0 Å². The second-order valence-corrected chi connectivity index (χ2v) is 11.6. The molecule has 180 valence electrons. The average Bonchev–Trinajstić information content (AvgIpc) is 2.83. The van der Waals surface area contributed by atoms with E-state index in [1.54, 1.807) is 30.0 Å². The second-order valence-electron chi connectivity index (χ2n) is 7.78. The summed E-state index contributed by atoms with van der Waals surface area (Å²) in [6.07, 6.45) is 2.11. The number of aromatic nitrogens is 2. The number of sulfonamides is 1. The molecular formula is C22H24N4O6S2. The molecule has 10 nitrogen and oxygen atoms in total. The number of benzene rings is 2. The Kier molecular flexibility index (Phi) is 6.56. The molecule has 1 saturated heterocycles. The van der Waals surface area contributed by atoms with Gasteiger partial charge in [-0.3, -0.25) is 0 Å². The summed E-state index contributed by atoms with van der Waals surface area (Å²) < 4.78 is 56.8. The topological polar surface area (TPSA) is 127 Å². The number of ether oxygens (including phenoxy) is 1. The third-order valence-corrected chi connectivity index (χ3v) is 8.23. The first-order valence-corrected chi connectivity index (χ1v) is 13.9. The fourth-order valence-electron chi connectivity index (χ4n) is 3.75. The van der Waals surface area contributed by atoms with E-state index in [9.17, 15) is 21.6 Å². The fourth-order valence-corrected chi connectivity index (χ4v) is 5.70. The van der Waals surface area contributed by atoms with Crippen LogP contribution in [0, 0.1) is 0 Å². The first kappa shape index (κ1) is 24.0. The molecule has 3 aromatic rings. The monoisotopic (exact) mass is 504 g/mol. The van der Waals surface area contributed by atoms with Gasteiger partial charge >= 0.3 is 5.97 Å². The lowest BCUT2D eigenvalue weighted by atomic mass is 10.1. The van der Waals surface area contributed by atoms with E-state index in [0.29, 0.717) is 0 Å². The van der Waals surface area contributed by atoms with Crippen molar-refractivity contribution in [1.29, 1.82) is 0 Å². The minimum Gasteiger partial charge on any atom is -0.462 e. The first-order chi connectivity index (χ1) is 16.1. The summed E-state index contributed by atoms with van der Waals surface area (Å²) in [5.41, 5.74) is 0.0279. The molecule has 1 aromatic heterocycles. The molecule has 0 unspecified atom stereocenters. The lowest BCUT2D eigenvalue weighted by molar-refractivity contribution is 0.0525. The normalized spacial score (nSPS) is 15.4. The predicted octanol–water partition coefficient (Wildman–Crippen LogP) is 1.72.